The number of ketones is 1. The van der Waals surface area contributed by atoms with Crippen LogP contribution in [0.1, 0.15) is 10.4 Å². The molecule has 4 heteroatoms. The van der Waals surface area contributed by atoms with Gasteiger partial charge < -0.3 is 5.11 Å². The van der Waals surface area contributed by atoms with Crippen LogP contribution < -0.4 is 0 Å². The smallest absolute Gasteiger partial charge is 0.178 e. The monoisotopic (exact) mass is 221 g/mol. The van der Waals surface area contributed by atoms with Gasteiger partial charge in [0.15, 0.2) is 5.78 Å². The number of hydrogen-bond donors (Lipinski definition) is 1. The molecule has 15 heavy (non-hydrogen) atoms. The van der Waals surface area contributed by atoms with E-state index in [0.29, 0.717) is 16.5 Å². The molecule has 2 aromatic rings. The van der Waals surface area contributed by atoms with E-state index in [1.807, 2.05) is 0 Å². The Hall–Kier alpha value is -1.61. The zero-order chi connectivity index (χ0) is 10.8. The Morgan fingerprint density at radius 2 is 2.20 bits per heavy atom. The second kappa shape index (κ2) is 3.87. The quantitative estimate of drug-likeness (QED) is 0.626. The number of nitrogens with zero attached hydrogens (tertiary/aromatic N) is 1. The molecule has 1 heterocycles. The van der Waals surface area contributed by atoms with Crippen molar-refractivity contribution in [2.24, 2.45) is 0 Å². The molecule has 0 amide bonds. The first-order chi connectivity index (χ1) is 7.24. The Morgan fingerprint density at radius 3 is 2.93 bits per heavy atom. The molecule has 0 saturated heterocycles. The van der Waals surface area contributed by atoms with Gasteiger partial charge in [0.2, 0.25) is 0 Å². The summed E-state index contributed by atoms with van der Waals surface area (Å²) in [6, 6.07) is 6.54. The molecule has 1 aromatic heterocycles. The molecule has 0 unspecified atom stereocenters. The highest BCUT2D eigenvalue weighted by Gasteiger charge is 2.10. The number of rotatable bonds is 2. The van der Waals surface area contributed by atoms with Crippen molar-refractivity contribution in [2.75, 3.05) is 5.88 Å². The first-order valence-corrected chi connectivity index (χ1v) is 4.93. The van der Waals surface area contributed by atoms with Gasteiger partial charge in [0.05, 0.1) is 5.88 Å². The summed E-state index contributed by atoms with van der Waals surface area (Å²) < 4.78 is 0. The van der Waals surface area contributed by atoms with Gasteiger partial charge in [-0.2, -0.15) is 0 Å². The molecular weight excluding hydrogens is 214 g/mol. The number of pyridine rings is 1. The maximum absolute atomic E-state index is 11.5. The molecule has 0 saturated carbocycles. The zero-order valence-electron chi connectivity index (χ0n) is 7.77. The van der Waals surface area contributed by atoms with Gasteiger partial charge >= 0.3 is 0 Å². The summed E-state index contributed by atoms with van der Waals surface area (Å²) in [4.78, 5) is 15.5. The van der Waals surface area contributed by atoms with Gasteiger partial charge in [-0.3, -0.25) is 9.78 Å². The van der Waals surface area contributed by atoms with Crippen molar-refractivity contribution < 1.29 is 9.90 Å². The summed E-state index contributed by atoms with van der Waals surface area (Å²) in [6.45, 7) is 0. The van der Waals surface area contributed by atoms with E-state index in [-0.39, 0.29) is 17.4 Å². The Kier molecular flexibility index (Phi) is 2.56. The average molecular weight is 222 g/mol. The number of benzene rings is 1. The lowest BCUT2D eigenvalue weighted by Gasteiger charge is -2.04. The molecule has 3 nitrogen and oxygen atoms in total. The molecule has 1 aromatic carbocycles. The highest BCUT2D eigenvalue weighted by Crippen LogP contribution is 2.24. The third-order valence-electron chi connectivity index (χ3n) is 2.17. The highest BCUT2D eigenvalue weighted by molar-refractivity contribution is 6.31. The fourth-order valence-corrected chi connectivity index (χ4v) is 1.62. The summed E-state index contributed by atoms with van der Waals surface area (Å²) >= 11 is 5.49. The van der Waals surface area contributed by atoms with Gasteiger partial charge in [-0.25, -0.2) is 0 Å². The van der Waals surface area contributed by atoms with Gasteiger partial charge in [-0.15, -0.1) is 11.6 Å². The first kappa shape index (κ1) is 9.93. The molecule has 0 atom stereocenters. The Labute approximate surface area is 91.3 Å². The maximum Gasteiger partial charge on any atom is 0.178 e. The largest absolute Gasteiger partial charge is 0.506 e. The standard InChI is InChI=1S/C11H8ClNO2/c12-6-10(15)7-4-5-13-11-8(7)2-1-3-9(11)14/h1-5,14H,6H2. The number of carbonyl (C=O) groups is 1. The molecule has 2 rings (SSSR count). The summed E-state index contributed by atoms with van der Waals surface area (Å²) in [6.07, 6.45) is 1.49. The fourth-order valence-electron chi connectivity index (χ4n) is 1.48. The van der Waals surface area contributed by atoms with Crippen LogP contribution in [-0.2, 0) is 0 Å². The number of carbonyl (C=O) groups excluding carboxylic acids is 1. The maximum atomic E-state index is 11.5. The minimum absolute atomic E-state index is 0.0664. The zero-order valence-corrected chi connectivity index (χ0v) is 8.53. The third kappa shape index (κ3) is 1.66. The molecule has 0 bridgehead atoms. The van der Waals surface area contributed by atoms with Gasteiger partial charge in [-0.1, -0.05) is 12.1 Å². The van der Waals surface area contributed by atoms with E-state index in [9.17, 15) is 9.90 Å². The molecule has 1 N–H and O–H groups in total. The van der Waals surface area contributed by atoms with E-state index >= 15 is 0 Å². The summed E-state index contributed by atoms with van der Waals surface area (Å²) in [5, 5.41) is 10.2. The molecule has 0 aliphatic carbocycles. The van der Waals surface area contributed by atoms with Gasteiger partial charge in [0.25, 0.3) is 0 Å². The highest BCUT2D eigenvalue weighted by atomic mass is 35.5. The van der Waals surface area contributed by atoms with Crippen molar-refractivity contribution in [2.45, 2.75) is 0 Å². The summed E-state index contributed by atoms with van der Waals surface area (Å²) in [5.74, 6) is -0.180. The van der Waals surface area contributed by atoms with Crippen molar-refractivity contribution in [1.82, 2.24) is 4.98 Å². The molecule has 0 aliphatic heterocycles. The number of aromatic nitrogens is 1. The van der Waals surface area contributed by atoms with Crippen LogP contribution in [0.4, 0.5) is 0 Å². The van der Waals surface area contributed by atoms with Crippen molar-refractivity contribution in [3.63, 3.8) is 0 Å². The van der Waals surface area contributed by atoms with E-state index in [1.54, 1.807) is 18.2 Å². The van der Waals surface area contributed by atoms with E-state index in [4.69, 9.17) is 11.6 Å². The second-order valence-corrected chi connectivity index (χ2v) is 3.36. The lowest BCUT2D eigenvalue weighted by Crippen LogP contribution is -2.01. The van der Waals surface area contributed by atoms with Crippen LogP contribution in [0.3, 0.4) is 0 Å². The molecule has 0 radical (unpaired) electrons. The minimum atomic E-state index is -0.172. The summed E-state index contributed by atoms with van der Waals surface area (Å²) in [7, 11) is 0. The number of phenols is 1. The number of hydrogen-bond acceptors (Lipinski definition) is 3. The van der Waals surface area contributed by atoms with Crippen molar-refractivity contribution in [1.29, 1.82) is 0 Å². The molecule has 76 valence electrons. The van der Waals surface area contributed by atoms with Crippen molar-refractivity contribution in [3.8, 4) is 5.75 Å². The predicted octanol–water partition coefficient (Wildman–Crippen LogP) is 2.36. The van der Waals surface area contributed by atoms with Crippen LogP contribution in [0.15, 0.2) is 30.5 Å². The Bertz CT molecular complexity index is 525. The first-order valence-electron chi connectivity index (χ1n) is 4.40. The number of aromatic hydroxyl groups is 1. The van der Waals surface area contributed by atoms with Crippen LogP contribution in [0.5, 0.6) is 5.75 Å². The molecule has 0 fully saturated rings. The lowest BCUT2D eigenvalue weighted by atomic mass is 10.1. The number of phenolic OH excluding ortho intramolecular Hbond substituents is 1. The Balaban J connectivity index is 2.77. The SMILES string of the molecule is O=C(CCl)c1ccnc2c(O)cccc12. The average Bonchev–Trinajstić information content (AvgIpc) is 2.28. The Morgan fingerprint density at radius 1 is 1.40 bits per heavy atom. The number of alkyl halides is 1. The summed E-state index contributed by atoms with van der Waals surface area (Å²) in [5.41, 5.74) is 0.916. The number of halogens is 1. The third-order valence-corrected chi connectivity index (χ3v) is 2.41. The van der Waals surface area contributed by atoms with E-state index < -0.39 is 0 Å². The van der Waals surface area contributed by atoms with Crippen molar-refractivity contribution >= 4 is 28.3 Å². The van der Waals surface area contributed by atoms with E-state index in [1.165, 1.54) is 12.3 Å². The van der Waals surface area contributed by atoms with Gasteiger partial charge in [0.1, 0.15) is 11.3 Å². The number of para-hydroxylation sites is 1. The van der Waals surface area contributed by atoms with Crippen LogP contribution in [0, 0.1) is 0 Å². The van der Waals surface area contributed by atoms with Crippen LogP contribution >= 0.6 is 11.6 Å². The lowest BCUT2D eigenvalue weighted by molar-refractivity contribution is 0.102. The second-order valence-electron chi connectivity index (χ2n) is 3.09. The minimum Gasteiger partial charge on any atom is -0.506 e. The number of fused-ring (bicyclic) bond motifs is 1. The normalized spacial score (nSPS) is 10.5. The van der Waals surface area contributed by atoms with E-state index in [2.05, 4.69) is 4.98 Å². The van der Waals surface area contributed by atoms with Gasteiger partial charge in [0, 0.05) is 17.1 Å². The fraction of sp³-hybridized carbons (Fsp3) is 0.0909. The van der Waals surface area contributed by atoms with Crippen LogP contribution in [0.2, 0.25) is 0 Å². The van der Waals surface area contributed by atoms with Crippen molar-refractivity contribution in [3.05, 3.63) is 36.0 Å². The van der Waals surface area contributed by atoms with E-state index in [0.717, 1.165) is 0 Å². The molecular formula is C11H8ClNO2. The van der Waals surface area contributed by atoms with Crippen LogP contribution in [-0.4, -0.2) is 21.8 Å². The number of Topliss-reactive ketones (excluding diaryl/α,β-unsaturated/α-hetero) is 1. The van der Waals surface area contributed by atoms with Crippen LogP contribution in [0.25, 0.3) is 10.9 Å². The van der Waals surface area contributed by atoms with Gasteiger partial charge in [-0.05, 0) is 12.1 Å². The molecule has 0 aliphatic rings. The molecule has 0 spiro atoms. The predicted molar refractivity (Wildman–Crippen MR) is 58.5 cm³/mol. The topological polar surface area (TPSA) is 50.2 Å².